The molecule has 0 amide bonds. The molecule has 16 heavy (non-hydrogen) atoms. The molecular formula is C14H16Cl2. The Labute approximate surface area is 107 Å². The van der Waals surface area contributed by atoms with Gasteiger partial charge >= 0.3 is 0 Å². The van der Waals surface area contributed by atoms with Crippen LogP contribution < -0.4 is 0 Å². The van der Waals surface area contributed by atoms with Crippen LogP contribution in [0.3, 0.4) is 0 Å². The number of alkyl halides is 1. The van der Waals surface area contributed by atoms with Gasteiger partial charge in [0.2, 0.25) is 0 Å². The molecule has 3 rings (SSSR count). The van der Waals surface area contributed by atoms with Crippen molar-refractivity contribution in [2.45, 2.75) is 31.1 Å². The minimum Gasteiger partial charge on any atom is -0.122 e. The van der Waals surface area contributed by atoms with E-state index in [0.717, 1.165) is 29.2 Å². The molecule has 0 heterocycles. The largest absolute Gasteiger partial charge is 0.122 e. The molecule has 1 aromatic carbocycles. The average Bonchev–Trinajstić information content (AvgIpc) is 2.89. The fraction of sp³-hybridized carbons (Fsp3) is 0.571. The van der Waals surface area contributed by atoms with Crippen LogP contribution in [0.5, 0.6) is 0 Å². The first-order chi connectivity index (χ1) is 7.72. The summed E-state index contributed by atoms with van der Waals surface area (Å²) < 4.78 is 0. The van der Waals surface area contributed by atoms with Gasteiger partial charge < -0.3 is 0 Å². The van der Waals surface area contributed by atoms with Crippen LogP contribution in [0.1, 0.15) is 24.8 Å². The summed E-state index contributed by atoms with van der Waals surface area (Å²) in [5.74, 6) is 2.80. The molecule has 2 aliphatic carbocycles. The van der Waals surface area contributed by atoms with E-state index in [9.17, 15) is 0 Å². The van der Waals surface area contributed by atoms with Crippen molar-refractivity contribution in [3.05, 3.63) is 34.9 Å². The van der Waals surface area contributed by atoms with Gasteiger partial charge in [0.15, 0.2) is 0 Å². The predicted molar refractivity (Wildman–Crippen MR) is 69.1 cm³/mol. The van der Waals surface area contributed by atoms with Crippen molar-refractivity contribution in [1.29, 1.82) is 0 Å². The third-order valence-corrected chi connectivity index (χ3v) is 4.90. The van der Waals surface area contributed by atoms with Gasteiger partial charge in [-0.2, -0.15) is 0 Å². The van der Waals surface area contributed by atoms with E-state index in [1.165, 1.54) is 24.8 Å². The standard InChI is InChI=1S/C14H16Cl2/c15-13-3-1-9(2-4-13)5-14(16)12-7-10-6-11(10)8-12/h1-4,10-12,14H,5-8H2. The zero-order valence-corrected chi connectivity index (χ0v) is 10.7. The Kier molecular flexibility index (Phi) is 2.89. The smallest absolute Gasteiger partial charge is 0.0406 e. The Balaban J connectivity index is 1.59. The second-order valence-electron chi connectivity index (χ2n) is 5.33. The van der Waals surface area contributed by atoms with Crippen molar-refractivity contribution >= 4 is 23.2 Å². The Morgan fingerprint density at radius 2 is 1.69 bits per heavy atom. The highest BCUT2D eigenvalue weighted by atomic mass is 35.5. The molecule has 0 spiro atoms. The zero-order chi connectivity index (χ0) is 11.1. The minimum atomic E-state index is 0.314. The normalized spacial score (nSPS) is 33.5. The highest BCUT2D eigenvalue weighted by Crippen LogP contribution is 2.56. The lowest BCUT2D eigenvalue weighted by Gasteiger charge is -2.18. The van der Waals surface area contributed by atoms with Crippen LogP contribution in [0.15, 0.2) is 24.3 Å². The van der Waals surface area contributed by atoms with Crippen LogP contribution in [-0.2, 0) is 6.42 Å². The van der Waals surface area contributed by atoms with E-state index < -0.39 is 0 Å². The van der Waals surface area contributed by atoms with E-state index in [4.69, 9.17) is 23.2 Å². The lowest BCUT2D eigenvalue weighted by molar-refractivity contribution is 0.460. The average molecular weight is 255 g/mol. The van der Waals surface area contributed by atoms with E-state index in [2.05, 4.69) is 12.1 Å². The van der Waals surface area contributed by atoms with Gasteiger partial charge in [-0.3, -0.25) is 0 Å². The molecule has 0 bridgehead atoms. The van der Waals surface area contributed by atoms with E-state index in [0.29, 0.717) is 5.38 Å². The van der Waals surface area contributed by atoms with Crippen LogP contribution in [-0.4, -0.2) is 5.38 Å². The maximum absolute atomic E-state index is 6.51. The molecule has 1 aromatic rings. The summed E-state index contributed by atoms with van der Waals surface area (Å²) in [6, 6.07) is 8.08. The fourth-order valence-electron chi connectivity index (χ4n) is 3.07. The van der Waals surface area contributed by atoms with E-state index in [1.54, 1.807) is 0 Å². The number of halogens is 2. The molecule has 0 N–H and O–H groups in total. The van der Waals surface area contributed by atoms with Crippen LogP contribution in [0.4, 0.5) is 0 Å². The van der Waals surface area contributed by atoms with Crippen LogP contribution in [0, 0.1) is 17.8 Å². The summed E-state index contributed by atoms with van der Waals surface area (Å²) in [6.07, 6.45) is 5.20. The van der Waals surface area contributed by atoms with Gasteiger partial charge in [-0.05, 0) is 61.1 Å². The van der Waals surface area contributed by atoms with Crippen molar-refractivity contribution in [3.63, 3.8) is 0 Å². The van der Waals surface area contributed by atoms with E-state index in [1.807, 2.05) is 12.1 Å². The molecule has 3 unspecified atom stereocenters. The predicted octanol–water partition coefficient (Wildman–Crippen LogP) is 4.54. The third-order valence-electron chi connectivity index (χ3n) is 4.14. The van der Waals surface area contributed by atoms with Crippen LogP contribution in [0.25, 0.3) is 0 Å². The Hall–Kier alpha value is -0.200. The van der Waals surface area contributed by atoms with Crippen LogP contribution in [0.2, 0.25) is 5.02 Å². The molecule has 0 radical (unpaired) electrons. The van der Waals surface area contributed by atoms with Gasteiger partial charge in [0.25, 0.3) is 0 Å². The van der Waals surface area contributed by atoms with Crippen molar-refractivity contribution in [3.8, 4) is 0 Å². The summed E-state index contributed by atoms with van der Waals surface area (Å²) in [5, 5.41) is 1.12. The molecule has 86 valence electrons. The highest BCUT2D eigenvalue weighted by Gasteiger charge is 2.47. The molecule has 2 heteroatoms. The first-order valence-corrected chi connectivity index (χ1v) is 6.92. The number of benzene rings is 1. The summed E-state index contributed by atoms with van der Waals surface area (Å²) >= 11 is 12.4. The maximum atomic E-state index is 6.51. The summed E-state index contributed by atoms with van der Waals surface area (Å²) in [6.45, 7) is 0. The Morgan fingerprint density at radius 3 is 2.31 bits per heavy atom. The van der Waals surface area contributed by atoms with Gasteiger partial charge in [-0.1, -0.05) is 23.7 Å². The van der Waals surface area contributed by atoms with Crippen LogP contribution >= 0.6 is 23.2 Å². The molecule has 3 atom stereocenters. The minimum absolute atomic E-state index is 0.314. The number of rotatable bonds is 3. The van der Waals surface area contributed by atoms with Gasteiger partial charge in [-0.15, -0.1) is 11.6 Å². The number of hydrogen-bond donors (Lipinski definition) is 0. The topological polar surface area (TPSA) is 0 Å². The highest BCUT2D eigenvalue weighted by molar-refractivity contribution is 6.30. The number of fused-ring (bicyclic) bond motifs is 1. The SMILES string of the molecule is Clc1ccc(CC(Cl)C2CC3CC3C2)cc1. The Bertz CT molecular complexity index is 361. The first kappa shape index (κ1) is 10.9. The molecule has 0 aliphatic heterocycles. The summed E-state index contributed by atoms with van der Waals surface area (Å²) in [7, 11) is 0. The van der Waals surface area contributed by atoms with Gasteiger partial charge in [0, 0.05) is 10.4 Å². The molecular weight excluding hydrogens is 239 g/mol. The van der Waals surface area contributed by atoms with Crippen molar-refractivity contribution in [1.82, 2.24) is 0 Å². The Morgan fingerprint density at radius 1 is 1.06 bits per heavy atom. The maximum Gasteiger partial charge on any atom is 0.0406 e. The van der Waals surface area contributed by atoms with Gasteiger partial charge in [0.05, 0.1) is 0 Å². The number of hydrogen-bond acceptors (Lipinski definition) is 0. The lowest BCUT2D eigenvalue weighted by Crippen LogP contribution is -2.16. The third kappa shape index (κ3) is 2.24. The van der Waals surface area contributed by atoms with Crippen molar-refractivity contribution in [2.75, 3.05) is 0 Å². The zero-order valence-electron chi connectivity index (χ0n) is 9.20. The second-order valence-corrected chi connectivity index (χ2v) is 6.33. The van der Waals surface area contributed by atoms with Crippen molar-refractivity contribution < 1.29 is 0 Å². The van der Waals surface area contributed by atoms with Gasteiger partial charge in [-0.25, -0.2) is 0 Å². The molecule has 0 saturated heterocycles. The first-order valence-electron chi connectivity index (χ1n) is 6.11. The lowest BCUT2D eigenvalue weighted by atomic mass is 9.94. The van der Waals surface area contributed by atoms with Crippen molar-refractivity contribution in [2.24, 2.45) is 17.8 Å². The molecule has 2 saturated carbocycles. The fourth-order valence-corrected chi connectivity index (χ4v) is 3.58. The van der Waals surface area contributed by atoms with E-state index >= 15 is 0 Å². The second kappa shape index (κ2) is 4.23. The van der Waals surface area contributed by atoms with Gasteiger partial charge in [0.1, 0.15) is 0 Å². The van der Waals surface area contributed by atoms with E-state index in [-0.39, 0.29) is 0 Å². The summed E-state index contributed by atoms with van der Waals surface area (Å²) in [4.78, 5) is 0. The molecule has 2 aliphatic rings. The molecule has 0 nitrogen and oxygen atoms in total. The molecule has 0 aromatic heterocycles. The monoisotopic (exact) mass is 254 g/mol. The summed E-state index contributed by atoms with van der Waals surface area (Å²) in [5.41, 5.74) is 1.31. The molecule has 2 fully saturated rings. The quantitative estimate of drug-likeness (QED) is 0.696.